The Bertz CT molecular complexity index is 714. The van der Waals surface area contributed by atoms with E-state index < -0.39 is 5.60 Å². The predicted octanol–water partition coefficient (Wildman–Crippen LogP) is 5.31. The molecule has 0 bridgehead atoms. The fraction of sp³-hybridized carbons (Fsp3) is 0.478. The molecule has 2 aromatic rings. The molecular formula is C23H29NOS. The highest BCUT2D eigenvalue weighted by Gasteiger charge is 2.35. The zero-order valence-corrected chi connectivity index (χ0v) is 16.3. The summed E-state index contributed by atoms with van der Waals surface area (Å²) in [5.74, 6) is 0.773. The molecule has 1 saturated carbocycles. The minimum Gasteiger partial charge on any atom is -0.384 e. The van der Waals surface area contributed by atoms with Crippen LogP contribution in [0.15, 0.2) is 53.9 Å². The topological polar surface area (TPSA) is 23.5 Å². The van der Waals surface area contributed by atoms with Crippen molar-refractivity contribution in [3.05, 3.63) is 64.4 Å². The lowest BCUT2D eigenvalue weighted by Crippen LogP contribution is -2.34. The third-order valence-electron chi connectivity index (χ3n) is 6.20. The van der Waals surface area contributed by atoms with E-state index in [4.69, 9.17) is 0 Å². The van der Waals surface area contributed by atoms with Gasteiger partial charge in [0.15, 0.2) is 0 Å². The normalized spacial score (nSPS) is 27.3. The number of nitrogens with zero attached hydrogens (tertiary/aromatic N) is 1. The second-order valence-electron chi connectivity index (χ2n) is 7.89. The average molecular weight is 368 g/mol. The molecule has 1 aromatic carbocycles. The summed E-state index contributed by atoms with van der Waals surface area (Å²) < 4.78 is 0. The number of aliphatic hydroxyl groups is 1. The number of thiophene rings is 1. The maximum absolute atomic E-state index is 10.9. The zero-order valence-electron chi connectivity index (χ0n) is 15.4. The molecule has 1 fully saturated rings. The van der Waals surface area contributed by atoms with Crippen LogP contribution >= 0.6 is 11.3 Å². The van der Waals surface area contributed by atoms with Gasteiger partial charge in [0, 0.05) is 18.0 Å². The molecule has 0 spiro atoms. The molecule has 1 aliphatic heterocycles. The van der Waals surface area contributed by atoms with Crippen LogP contribution in [0.2, 0.25) is 0 Å². The Morgan fingerprint density at radius 3 is 2.54 bits per heavy atom. The van der Waals surface area contributed by atoms with Crippen molar-refractivity contribution < 1.29 is 5.11 Å². The Morgan fingerprint density at radius 1 is 1.08 bits per heavy atom. The van der Waals surface area contributed by atoms with Crippen LogP contribution in [0, 0.1) is 5.92 Å². The molecule has 2 heterocycles. The first-order chi connectivity index (χ1) is 12.7. The van der Waals surface area contributed by atoms with Crippen molar-refractivity contribution in [3.8, 4) is 0 Å². The van der Waals surface area contributed by atoms with E-state index in [0.29, 0.717) is 0 Å². The molecule has 0 unspecified atom stereocenters. The summed E-state index contributed by atoms with van der Waals surface area (Å²) in [5.41, 5.74) is 2.33. The molecule has 0 amide bonds. The molecule has 0 radical (unpaired) electrons. The van der Waals surface area contributed by atoms with Gasteiger partial charge >= 0.3 is 0 Å². The quantitative estimate of drug-likeness (QED) is 0.774. The van der Waals surface area contributed by atoms with Crippen molar-refractivity contribution in [1.82, 2.24) is 4.90 Å². The zero-order chi connectivity index (χ0) is 17.8. The Morgan fingerprint density at radius 2 is 1.88 bits per heavy atom. The molecule has 1 N–H and O–H groups in total. The van der Waals surface area contributed by atoms with Crippen molar-refractivity contribution in [2.24, 2.45) is 5.92 Å². The summed E-state index contributed by atoms with van der Waals surface area (Å²) in [6.07, 6.45) is 9.02. The van der Waals surface area contributed by atoms with E-state index in [1.54, 1.807) is 11.3 Å². The van der Waals surface area contributed by atoms with E-state index in [-0.39, 0.29) is 0 Å². The number of rotatable bonds is 5. The summed E-state index contributed by atoms with van der Waals surface area (Å²) in [7, 11) is 0. The molecule has 3 heteroatoms. The first kappa shape index (κ1) is 18.0. The monoisotopic (exact) mass is 367 g/mol. The van der Waals surface area contributed by atoms with Crippen LogP contribution in [0.3, 0.4) is 0 Å². The van der Waals surface area contributed by atoms with Crippen LogP contribution in [0.4, 0.5) is 0 Å². The smallest absolute Gasteiger partial charge is 0.0988 e. The summed E-state index contributed by atoms with van der Waals surface area (Å²) >= 11 is 1.70. The van der Waals surface area contributed by atoms with Gasteiger partial charge in [0.25, 0.3) is 0 Å². The van der Waals surface area contributed by atoms with E-state index in [1.807, 2.05) is 0 Å². The fourth-order valence-corrected chi connectivity index (χ4v) is 5.31. The van der Waals surface area contributed by atoms with Crippen LogP contribution in [-0.4, -0.2) is 29.6 Å². The summed E-state index contributed by atoms with van der Waals surface area (Å²) in [6.45, 7) is 3.45. The van der Waals surface area contributed by atoms with Gasteiger partial charge < -0.3 is 5.11 Å². The van der Waals surface area contributed by atoms with Crippen molar-refractivity contribution >= 4 is 16.9 Å². The van der Waals surface area contributed by atoms with E-state index in [1.165, 1.54) is 30.6 Å². The van der Waals surface area contributed by atoms with E-state index in [2.05, 4.69) is 58.8 Å². The van der Waals surface area contributed by atoms with Crippen molar-refractivity contribution in [2.75, 3.05) is 19.6 Å². The molecule has 26 heavy (non-hydrogen) atoms. The second kappa shape index (κ2) is 8.08. The van der Waals surface area contributed by atoms with Gasteiger partial charge in [0.2, 0.25) is 0 Å². The first-order valence-corrected chi connectivity index (χ1v) is 10.8. The highest BCUT2D eigenvalue weighted by molar-refractivity contribution is 7.10. The molecule has 0 atom stereocenters. The van der Waals surface area contributed by atoms with Gasteiger partial charge in [-0.2, -0.15) is 0 Å². The third kappa shape index (κ3) is 4.11. The van der Waals surface area contributed by atoms with Gasteiger partial charge in [-0.05, 0) is 73.6 Å². The second-order valence-corrected chi connectivity index (χ2v) is 8.83. The molecule has 138 valence electrons. The summed E-state index contributed by atoms with van der Waals surface area (Å²) in [4.78, 5) is 3.75. The Kier molecular flexibility index (Phi) is 5.58. The number of benzene rings is 1. The summed E-state index contributed by atoms with van der Waals surface area (Å²) in [6, 6.07) is 14.9. The van der Waals surface area contributed by atoms with Gasteiger partial charge in [-0.25, -0.2) is 0 Å². The minimum absolute atomic E-state index is 0.552. The maximum atomic E-state index is 10.9. The standard InChI is InChI=1S/C23H29NOS/c25-23(22-7-4-18-26-22)13-8-19(9-14-23)10-15-24-16-11-21(12-17-24)20-5-2-1-3-6-20/h1-7,11,18-19,25H,8-10,12-17H2. The maximum Gasteiger partial charge on any atom is 0.0988 e. The highest BCUT2D eigenvalue weighted by atomic mass is 32.1. The van der Waals surface area contributed by atoms with Crippen LogP contribution in [-0.2, 0) is 5.60 Å². The molecule has 2 aliphatic rings. The van der Waals surface area contributed by atoms with E-state index in [0.717, 1.165) is 49.4 Å². The number of hydrogen-bond donors (Lipinski definition) is 1. The van der Waals surface area contributed by atoms with E-state index in [9.17, 15) is 5.11 Å². The van der Waals surface area contributed by atoms with Crippen LogP contribution in [0.25, 0.3) is 5.57 Å². The van der Waals surface area contributed by atoms with Gasteiger partial charge in [-0.3, -0.25) is 4.90 Å². The van der Waals surface area contributed by atoms with Crippen molar-refractivity contribution in [2.45, 2.75) is 44.1 Å². The Hall–Kier alpha value is -1.42. The Labute approximate surface area is 161 Å². The molecule has 4 rings (SSSR count). The fourth-order valence-electron chi connectivity index (χ4n) is 4.43. The van der Waals surface area contributed by atoms with Crippen molar-refractivity contribution in [1.29, 1.82) is 0 Å². The summed E-state index contributed by atoms with van der Waals surface area (Å²) in [5, 5.41) is 13.0. The van der Waals surface area contributed by atoms with E-state index >= 15 is 0 Å². The largest absolute Gasteiger partial charge is 0.384 e. The lowest BCUT2D eigenvalue weighted by Gasteiger charge is -2.36. The average Bonchev–Trinajstić information content (AvgIpc) is 3.25. The Balaban J connectivity index is 1.23. The van der Waals surface area contributed by atoms with Gasteiger partial charge in [-0.15, -0.1) is 11.3 Å². The lowest BCUT2D eigenvalue weighted by atomic mass is 9.77. The first-order valence-electron chi connectivity index (χ1n) is 9.96. The SMILES string of the molecule is OC1(c2cccs2)CCC(CCN2CC=C(c3ccccc3)CC2)CC1. The predicted molar refractivity (Wildman–Crippen MR) is 110 cm³/mol. The lowest BCUT2D eigenvalue weighted by molar-refractivity contribution is -0.0129. The van der Waals surface area contributed by atoms with Gasteiger partial charge in [0.1, 0.15) is 0 Å². The number of hydrogen-bond acceptors (Lipinski definition) is 3. The molecule has 1 aromatic heterocycles. The molecule has 0 saturated heterocycles. The minimum atomic E-state index is -0.552. The molecule has 1 aliphatic carbocycles. The third-order valence-corrected chi connectivity index (χ3v) is 7.27. The molecular weight excluding hydrogens is 338 g/mol. The van der Waals surface area contributed by atoms with Crippen LogP contribution < -0.4 is 0 Å². The highest BCUT2D eigenvalue weighted by Crippen LogP contribution is 2.42. The molecule has 2 nitrogen and oxygen atoms in total. The van der Waals surface area contributed by atoms with Crippen LogP contribution in [0.5, 0.6) is 0 Å². The van der Waals surface area contributed by atoms with Gasteiger partial charge in [-0.1, -0.05) is 42.5 Å². The van der Waals surface area contributed by atoms with Crippen LogP contribution in [0.1, 0.15) is 49.0 Å². The van der Waals surface area contributed by atoms with Crippen molar-refractivity contribution in [3.63, 3.8) is 0 Å². The van der Waals surface area contributed by atoms with Gasteiger partial charge in [0.05, 0.1) is 5.60 Å².